The third kappa shape index (κ3) is 3.31. The SMILES string of the molecule is O=C(O)c1cc(NS(=O)(=O)c2ccc(Br)s2)ccn1. The molecule has 0 unspecified atom stereocenters. The van der Waals surface area contributed by atoms with Crippen LogP contribution in [0.25, 0.3) is 0 Å². The third-order valence-electron chi connectivity index (χ3n) is 2.04. The summed E-state index contributed by atoms with van der Waals surface area (Å²) in [5.41, 5.74) is -0.0792. The van der Waals surface area contributed by atoms with Gasteiger partial charge in [-0.05, 0) is 40.2 Å². The molecule has 0 radical (unpaired) electrons. The van der Waals surface area contributed by atoms with E-state index in [-0.39, 0.29) is 15.6 Å². The van der Waals surface area contributed by atoms with Crippen LogP contribution in [0.5, 0.6) is 0 Å². The van der Waals surface area contributed by atoms with Crippen molar-refractivity contribution in [2.75, 3.05) is 4.72 Å². The van der Waals surface area contributed by atoms with Crippen LogP contribution < -0.4 is 4.72 Å². The molecule has 0 saturated heterocycles. The summed E-state index contributed by atoms with van der Waals surface area (Å²) in [6, 6.07) is 5.61. The highest BCUT2D eigenvalue weighted by Crippen LogP contribution is 2.27. The number of pyridine rings is 1. The Morgan fingerprint density at radius 1 is 1.37 bits per heavy atom. The van der Waals surface area contributed by atoms with Crippen LogP contribution in [0.1, 0.15) is 10.5 Å². The van der Waals surface area contributed by atoms with Crippen molar-refractivity contribution in [1.82, 2.24) is 4.98 Å². The van der Waals surface area contributed by atoms with E-state index in [0.717, 1.165) is 17.4 Å². The number of thiophene rings is 1. The number of hydrogen-bond acceptors (Lipinski definition) is 5. The number of rotatable bonds is 4. The second-order valence-electron chi connectivity index (χ2n) is 3.40. The summed E-state index contributed by atoms with van der Waals surface area (Å²) in [5, 5.41) is 8.78. The van der Waals surface area contributed by atoms with E-state index in [4.69, 9.17) is 5.11 Å². The second kappa shape index (κ2) is 5.27. The van der Waals surface area contributed by atoms with Gasteiger partial charge in [-0.1, -0.05) is 0 Å². The Kier molecular flexibility index (Phi) is 3.88. The largest absolute Gasteiger partial charge is 0.477 e. The molecule has 19 heavy (non-hydrogen) atoms. The third-order valence-corrected chi connectivity index (χ3v) is 5.54. The van der Waals surface area contributed by atoms with Crippen molar-refractivity contribution in [1.29, 1.82) is 0 Å². The lowest BCUT2D eigenvalue weighted by Crippen LogP contribution is -2.12. The first-order chi connectivity index (χ1) is 8.88. The number of hydrogen-bond donors (Lipinski definition) is 2. The van der Waals surface area contributed by atoms with Gasteiger partial charge < -0.3 is 5.11 Å². The van der Waals surface area contributed by atoms with E-state index in [2.05, 4.69) is 25.6 Å². The maximum absolute atomic E-state index is 12.0. The van der Waals surface area contributed by atoms with E-state index in [1.165, 1.54) is 18.3 Å². The minimum absolute atomic E-state index is 0.132. The normalized spacial score (nSPS) is 11.2. The molecule has 9 heteroatoms. The molecule has 0 aromatic carbocycles. The molecule has 0 amide bonds. The van der Waals surface area contributed by atoms with Gasteiger partial charge in [-0.3, -0.25) is 4.72 Å². The minimum atomic E-state index is -3.72. The highest BCUT2D eigenvalue weighted by molar-refractivity contribution is 9.11. The first-order valence-corrected chi connectivity index (χ1v) is 7.95. The van der Waals surface area contributed by atoms with Crippen LogP contribution in [0.3, 0.4) is 0 Å². The highest BCUT2D eigenvalue weighted by atomic mass is 79.9. The van der Waals surface area contributed by atoms with Gasteiger partial charge in [-0.25, -0.2) is 18.2 Å². The van der Waals surface area contributed by atoms with E-state index in [0.29, 0.717) is 3.79 Å². The van der Waals surface area contributed by atoms with Gasteiger partial charge in [0.15, 0.2) is 0 Å². The molecular weight excluding hydrogens is 356 g/mol. The van der Waals surface area contributed by atoms with Crippen LogP contribution in [0.4, 0.5) is 5.69 Å². The fraction of sp³-hybridized carbons (Fsp3) is 0. The van der Waals surface area contributed by atoms with Crippen molar-refractivity contribution >= 4 is 48.9 Å². The molecule has 0 bridgehead atoms. The Labute approximate surface area is 121 Å². The predicted molar refractivity (Wildman–Crippen MR) is 74.0 cm³/mol. The summed E-state index contributed by atoms with van der Waals surface area (Å²) in [5.74, 6) is -1.22. The van der Waals surface area contributed by atoms with Crippen molar-refractivity contribution < 1.29 is 18.3 Å². The van der Waals surface area contributed by atoms with Crippen LogP contribution in [0, 0.1) is 0 Å². The zero-order valence-electron chi connectivity index (χ0n) is 9.20. The van der Waals surface area contributed by atoms with Gasteiger partial charge in [0.25, 0.3) is 10.0 Å². The summed E-state index contributed by atoms with van der Waals surface area (Å²) < 4.78 is 27.1. The number of carbonyl (C=O) groups is 1. The molecule has 0 aliphatic rings. The van der Waals surface area contributed by atoms with Crippen molar-refractivity contribution in [2.24, 2.45) is 0 Å². The fourth-order valence-electron chi connectivity index (χ4n) is 1.26. The predicted octanol–water partition coefficient (Wildman–Crippen LogP) is 2.40. The number of aromatic carboxylic acids is 1. The maximum atomic E-state index is 12.0. The fourth-order valence-corrected chi connectivity index (χ4v) is 4.32. The van der Waals surface area contributed by atoms with Crippen molar-refractivity contribution in [3.05, 3.63) is 39.9 Å². The molecule has 2 heterocycles. The Hall–Kier alpha value is -1.45. The number of halogens is 1. The lowest BCUT2D eigenvalue weighted by molar-refractivity contribution is 0.0690. The molecule has 2 aromatic rings. The molecule has 2 rings (SSSR count). The van der Waals surface area contributed by atoms with Gasteiger partial charge >= 0.3 is 5.97 Å². The first-order valence-electron chi connectivity index (χ1n) is 4.86. The van der Waals surface area contributed by atoms with Gasteiger partial charge in [0.2, 0.25) is 0 Å². The van der Waals surface area contributed by atoms with Crippen LogP contribution >= 0.6 is 27.3 Å². The van der Waals surface area contributed by atoms with Crippen molar-refractivity contribution in [3.63, 3.8) is 0 Å². The number of carboxylic acid groups (broad SMARTS) is 1. The molecule has 100 valence electrons. The van der Waals surface area contributed by atoms with Gasteiger partial charge in [0, 0.05) is 6.20 Å². The molecule has 0 fully saturated rings. The standard InChI is InChI=1S/C10H7BrN2O4S2/c11-8-1-2-9(18-8)19(16,17)13-6-3-4-12-7(5-6)10(14)15/h1-5H,(H,12,13)(H,14,15). The number of sulfonamides is 1. The molecule has 0 saturated carbocycles. The Morgan fingerprint density at radius 3 is 2.68 bits per heavy atom. The van der Waals surface area contributed by atoms with E-state index in [9.17, 15) is 13.2 Å². The highest BCUT2D eigenvalue weighted by Gasteiger charge is 2.17. The van der Waals surface area contributed by atoms with Crippen LogP contribution in [-0.2, 0) is 10.0 Å². The molecule has 0 aliphatic carbocycles. The summed E-state index contributed by atoms with van der Waals surface area (Å²) in [6.07, 6.45) is 1.23. The zero-order valence-corrected chi connectivity index (χ0v) is 12.4. The Balaban J connectivity index is 2.30. The molecule has 6 nitrogen and oxygen atoms in total. The Bertz CT molecular complexity index is 727. The average molecular weight is 363 g/mol. The number of nitrogens with one attached hydrogen (secondary N) is 1. The number of carboxylic acids is 1. The van der Waals surface area contributed by atoms with Gasteiger partial charge in [-0.15, -0.1) is 11.3 Å². The lowest BCUT2D eigenvalue weighted by Gasteiger charge is -2.06. The number of anilines is 1. The number of nitrogens with zero attached hydrogens (tertiary/aromatic N) is 1. The smallest absolute Gasteiger partial charge is 0.354 e. The monoisotopic (exact) mass is 362 g/mol. The van der Waals surface area contributed by atoms with Crippen molar-refractivity contribution in [3.8, 4) is 0 Å². The summed E-state index contributed by atoms with van der Waals surface area (Å²) >= 11 is 4.24. The van der Waals surface area contributed by atoms with Gasteiger partial charge in [-0.2, -0.15) is 0 Å². The molecule has 2 aromatic heterocycles. The van der Waals surface area contributed by atoms with E-state index in [1.807, 2.05) is 0 Å². The topological polar surface area (TPSA) is 96.4 Å². The van der Waals surface area contributed by atoms with Crippen LogP contribution in [0.15, 0.2) is 38.5 Å². The maximum Gasteiger partial charge on any atom is 0.354 e. The Morgan fingerprint density at radius 2 is 2.11 bits per heavy atom. The number of aromatic nitrogens is 1. The molecule has 0 spiro atoms. The zero-order chi connectivity index (χ0) is 14.0. The summed E-state index contributed by atoms with van der Waals surface area (Å²) in [7, 11) is -3.72. The molecular formula is C10H7BrN2O4S2. The molecule has 2 N–H and O–H groups in total. The van der Waals surface area contributed by atoms with Crippen molar-refractivity contribution in [2.45, 2.75) is 4.21 Å². The van der Waals surface area contributed by atoms with E-state index in [1.54, 1.807) is 6.07 Å². The first kappa shape index (κ1) is 14.0. The molecule has 0 atom stereocenters. The lowest BCUT2D eigenvalue weighted by atomic mass is 10.3. The van der Waals surface area contributed by atoms with Gasteiger partial charge in [0.1, 0.15) is 9.90 Å². The van der Waals surface area contributed by atoms with E-state index < -0.39 is 16.0 Å². The second-order valence-corrected chi connectivity index (χ2v) is 7.77. The van der Waals surface area contributed by atoms with E-state index >= 15 is 0 Å². The molecule has 0 aliphatic heterocycles. The average Bonchev–Trinajstić information content (AvgIpc) is 2.76. The summed E-state index contributed by atoms with van der Waals surface area (Å²) in [6.45, 7) is 0. The summed E-state index contributed by atoms with van der Waals surface area (Å²) in [4.78, 5) is 14.4. The van der Waals surface area contributed by atoms with Crippen LogP contribution in [0.2, 0.25) is 0 Å². The van der Waals surface area contributed by atoms with Crippen LogP contribution in [-0.4, -0.2) is 24.5 Å². The quantitative estimate of drug-likeness (QED) is 0.870. The minimum Gasteiger partial charge on any atom is -0.477 e. The van der Waals surface area contributed by atoms with Gasteiger partial charge in [0.05, 0.1) is 9.47 Å².